The molecule has 1 atom stereocenters. The smallest absolute Gasteiger partial charge is 0.333 e. The number of aryl methyl sites for hydroxylation is 1. The van der Waals surface area contributed by atoms with E-state index in [2.05, 4.69) is 15.2 Å². The van der Waals surface area contributed by atoms with E-state index in [1.165, 1.54) is 19.2 Å². The topological polar surface area (TPSA) is 73.2 Å². The number of carbonyl (C=O) groups excluding carboxylic acids is 2. The molecule has 8 heteroatoms. The van der Waals surface area contributed by atoms with E-state index in [-0.39, 0.29) is 17.0 Å². The predicted octanol–water partition coefficient (Wildman–Crippen LogP) is 1.79. The maximum atomic E-state index is 13.6. The fourth-order valence-electron chi connectivity index (χ4n) is 2.02. The number of esters is 1. The number of nitrogens with zero attached hydrogens (tertiary/aromatic N) is 2. The highest BCUT2D eigenvalue weighted by molar-refractivity contribution is 6.30. The van der Waals surface area contributed by atoms with Crippen LogP contribution in [-0.2, 0) is 27.8 Å². The van der Waals surface area contributed by atoms with E-state index >= 15 is 0 Å². The van der Waals surface area contributed by atoms with E-state index in [0.29, 0.717) is 5.69 Å². The summed E-state index contributed by atoms with van der Waals surface area (Å²) in [5.74, 6) is -1.83. The van der Waals surface area contributed by atoms with Gasteiger partial charge in [-0.2, -0.15) is 5.10 Å². The molecule has 2 rings (SSSR count). The lowest BCUT2D eigenvalue weighted by Gasteiger charge is -2.17. The van der Waals surface area contributed by atoms with Crippen LogP contribution in [0.4, 0.5) is 4.39 Å². The van der Waals surface area contributed by atoms with E-state index in [1.54, 1.807) is 24.0 Å². The maximum Gasteiger partial charge on any atom is 0.333 e. The Bertz CT molecular complexity index is 733. The first kappa shape index (κ1) is 17.0. The second-order valence-electron chi connectivity index (χ2n) is 4.85. The van der Waals surface area contributed by atoms with Crippen LogP contribution in [0.25, 0.3) is 0 Å². The van der Waals surface area contributed by atoms with Gasteiger partial charge in [-0.05, 0) is 23.8 Å². The first-order valence-corrected chi connectivity index (χ1v) is 7.09. The number of methoxy groups -OCH3 is 1. The van der Waals surface area contributed by atoms with Gasteiger partial charge in [-0.25, -0.2) is 9.18 Å². The second-order valence-corrected chi connectivity index (χ2v) is 5.26. The minimum atomic E-state index is -1.12. The number of ether oxygens (including phenoxy) is 1. The fourth-order valence-corrected chi connectivity index (χ4v) is 2.14. The summed E-state index contributed by atoms with van der Waals surface area (Å²) in [5.41, 5.74) is 0.795. The first-order chi connectivity index (χ1) is 10.9. The third-order valence-electron chi connectivity index (χ3n) is 3.13. The summed E-state index contributed by atoms with van der Waals surface area (Å²) in [7, 11) is 2.92. The normalized spacial score (nSPS) is 11.8. The van der Waals surface area contributed by atoms with Gasteiger partial charge in [0.05, 0.1) is 24.2 Å². The summed E-state index contributed by atoms with van der Waals surface area (Å²) in [6.45, 7) is 0. The average molecular weight is 340 g/mol. The summed E-state index contributed by atoms with van der Waals surface area (Å²) in [5, 5.41) is 6.53. The number of hydrogen-bond donors (Lipinski definition) is 1. The van der Waals surface area contributed by atoms with Gasteiger partial charge >= 0.3 is 5.97 Å². The van der Waals surface area contributed by atoms with Crippen LogP contribution in [0.1, 0.15) is 17.3 Å². The molecule has 0 saturated heterocycles. The van der Waals surface area contributed by atoms with Crippen molar-refractivity contribution < 1.29 is 18.7 Å². The van der Waals surface area contributed by atoms with Gasteiger partial charge in [0.25, 0.3) is 0 Å². The molecule has 2 aromatic rings. The van der Waals surface area contributed by atoms with Crippen molar-refractivity contribution in [3.05, 3.63) is 52.6 Å². The molecule has 23 heavy (non-hydrogen) atoms. The molecule has 0 aliphatic carbocycles. The molecular formula is C15H15ClFN3O3. The molecule has 122 valence electrons. The maximum absolute atomic E-state index is 13.6. The number of benzene rings is 1. The Kier molecular flexibility index (Phi) is 5.33. The minimum Gasteiger partial charge on any atom is -0.467 e. The number of amides is 1. The molecule has 1 heterocycles. The number of carbonyl (C=O) groups is 2. The second kappa shape index (κ2) is 7.23. The zero-order valence-electron chi connectivity index (χ0n) is 12.5. The number of halogens is 2. The van der Waals surface area contributed by atoms with Crippen LogP contribution < -0.4 is 5.32 Å². The molecule has 1 N–H and O–H groups in total. The summed E-state index contributed by atoms with van der Waals surface area (Å²) in [4.78, 5) is 24.0. The van der Waals surface area contributed by atoms with Crippen LogP contribution in [0.15, 0.2) is 30.5 Å². The Morgan fingerprint density at radius 3 is 2.74 bits per heavy atom. The molecule has 0 bridgehead atoms. The Morgan fingerprint density at radius 1 is 1.43 bits per heavy atom. The van der Waals surface area contributed by atoms with Gasteiger partial charge in [0.15, 0.2) is 6.04 Å². The molecule has 0 spiro atoms. The number of aromatic nitrogens is 2. The van der Waals surface area contributed by atoms with Crippen molar-refractivity contribution >= 4 is 23.5 Å². The van der Waals surface area contributed by atoms with Crippen LogP contribution in [0.2, 0.25) is 5.02 Å². The van der Waals surface area contributed by atoms with Gasteiger partial charge in [0.2, 0.25) is 5.91 Å². The van der Waals surface area contributed by atoms with Gasteiger partial charge in [0, 0.05) is 13.2 Å². The van der Waals surface area contributed by atoms with E-state index in [1.807, 2.05) is 0 Å². The standard InChI is InChI=1S/C15H15ClFN3O3/c1-20-6-5-10(19-20)8-13(21)18-14(15(22)23-2)9-3-4-11(16)12(17)7-9/h3-7,14H,8H2,1-2H3,(H,18,21)/t14-/m1/s1. The quantitative estimate of drug-likeness (QED) is 0.843. The summed E-state index contributed by atoms with van der Waals surface area (Å²) in [6.07, 6.45) is 1.69. The lowest BCUT2D eigenvalue weighted by atomic mass is 10.1. The van der Waals surface area contributed by atoms with Crippen LogP contribution in [0.5, 0.6) is 0 Å². The predicted molar refractivity (Wildman–Crippen MR) is 81.2 cm³/mol. The Labute approximate surface area is 137 Å². The third kappa shape index (κ3) is 4.29. The van der Waals surface area contributed by atoms with Crippen molar-refractivity contribution in [2.45, 2.75) is 12.5 Å². The molecule has 1 amide bonds. The molecule has 0 unspecified atom stereocenters. The fraction of sp³-hybridized carbons (Fsp3) is 0.267. The molecule has 0 radical (unpaired) electrons. The molecule has 1 aromatic heterocycles. The van der Waals surface area contributed by atoms with Crippen molar-refractivity contribution in [1.29, 1.82) is 0 Å². The molecule has 0 fully saturated rings. The van der Waals surface area contributed by atoms with E-state index in [4.69, 9.17) is 11.6 Å². The van der Waals surface area contributed by atoms with Crippen molar-refractivity contribution in [3.63, 3.8) is 0 Å². The summed E-state index contributed by atoms with van der Waals surface area (Å²) >= 11 is 5.63. The van der Waals surface area contributed by atoms with Gasteiger partial charge in [0.1, 0.15) is 5.82 Å². The minimum absolute atomic E-state index is 0.00952. The van der Waals surface area contributed by atoms with Gasteiger partial charge < -0.3 is 10.1 Å². The third-order valence-corrected chi connectivity index (χ3v) is 3.44. The molecule has 0 saturated carbocycles. The highest BCUT2D eigenvalue weighted by Gasteiger charge is 2.24. The number of hydrogen-bond acceptors (Lipinski definition) is 4. The Hall–Kier alpha value is -2.41. The molecule has 0 aliphatic heterocycles. The van der Waals surface area contributed by atoms with E-state index < -0.39 is 23.7 Å². The van der Waals surface area contributed by atoms with E-state index in [9.17, 15) is 14.0 Å². The monoisotopic (exact) mass is 339 g/mol. The molecular weight excluding hydrogens is 325 g/mol. The van der Waals surface area contributed by atoms with Crippen LogP contribution in [-0.4, -0.2) is 28.8 Å². The van der Waals surface area contributed by atoms with Crippen molar-refractivity contribution in [3.8, 4) is 0 Å². The summed E-state index contributed by atoms with van der Waals surface area (Å²) < 4.78 is 19.8. The van der Waals surface area contributed by atoms with Crippen LogP contribution in [0.3, 0.4) is 0 Å². The number of nitrogens with one attached hydrogen (secondary N) is 1. The van der Waals surface area contributed by atoms with E-state index in [0.717, 1.165) is 6.07 Å². The lowest BCUT2D eigenvalue weighted by Crippen LogP contribution is -2.35. The molecule has 0 aliphatic rings. The summed E-state index contributed by atoms with van der Waals surface area (Å²) in [6, 6.07) is 4.42. The highest BCUT2D eigenvalue weighted by atomic mass is 35.5. The average Bonchev–Trinajstić information content (AvgIpc) is 2.92. The van der Waals surface area contributed by atoms with Gasteiger partial charge in [-0.3, -0.25) is 9.48 Å². The lowest BCUT2D eigenvalue weighted by molar-refractivity contribution is -0.145. The Morgan fingerprint density at radius 2 is 2.17 bits per heavy atom. The van der Waals surface area contributed by atoms with Crippen molar-refractivity contribution in [2.75, 3.05) is 7.11 Å². The van der Waals surface area contributed by atoms with Gasteiger partial charge in [-0.1, -0.05) is 17.7 Å². The van der Waals surface area contributed by atoms with Crippen molar-refractivity contribution in [1.82, 2.24) is 15.1 Å². The zero-order valence-corrected chi connectivity index (χ0v) is 13.3. The van der Waals surface area contributed by atoms with Crippen LogP contribution >= 0.6 is 11.6 Å². The number of rotatable bonds is 5. The SMILES string of the molecule is COC(=O)[C@H](NC(=O)Cc1ccn(C)n1)c1ccc(Cl)c(F)c1. The van der Waals surface area contributed by atoms with Crippen LogP contribution in [0, 0.1) is 5.82 Å². The first-order valence-electron chi connectivity index (χ1n) is 6.71. The Balaban J connectivity index is 2.16. The largest absolute Gasteiger partial charge is 0.467 e. The zero-order chi connectivity index (χ0) is 17.0. The highest BCUT2D eigenvalue weighted by Crippen LogP contribution is 2.21. The van der Waals surface area contributed by atoms with Gasteiger partial charge in [-0.15, -0.1) is 0 Å². The molecule has 1 aromatic carbocycles. The van der Waals surface area contributed by atoms with Crippen molar-refractivity contribution in [2.24, 2.45) is 7.05 Å². The molecule has 6 nitrogen and oxygen atoms in total.